The smallest absolute Gasteiger partial charge is 0.266 e. The lowest BCUT2D eigenvalue weighted by Crippen LogP contribution is -2.13. The number of nitrogens with zero attached hydrogens (tertiary/aromatic N) is 2. The van der Waals surface area contributed by atoms with Crippen molar-refractivity contribution in [3.05, 3.63) is 64.4 Å². The van der Waals surface area contributed by atoms with E-state index in [1.165, 1.54) is 18.2 Å². The second-order valence-corrected chi connectivity index (χ2v) is 5.14. The second-order valence-electron chi connectivity index (χ2n) is 4.74. The highest BCUT2D eigenvalue weighted by Crippen LogP contribution is 2.22. The van der Waals surface area contributed by atoms with Crippen molar-refractivity contribution in [2.75, 3.05) is 11.9 Å². The van der Waals surface area contributed by atoms with Crippen molar-refractivity contribution in [1.82, 2.24) is 0 Å². The third-order valence-electron chi connectivity index (χ3n) is 3.05. The average Bonchev–Trinajstić information content (AvgIpc) is 2.61. The van der Waals surface area contributed by atoms with Gasteiger partial charge in [0.25, 0.3) is 5.91 Å². The third-order valence-corrected chi connectivity index (χ3v) is 3.34. The molecule has 124 valence electrons. The summed E-state index contributed by atoms with van der Waals surface area (Å²) in [6.07, 6.45) is 1.34. The van der Waals surface area contributed by atoms with Gasteiger partial charge in [-0.3, -0.25) is 4.79 Å². The zero-order valence-electron chi connectivity index (χ0n) is 12.8. The quantitative estimate of drug-likeness (QED) is 0.650. The molecule has 0 heterocycles. The molecule has 1 N–H and O–H groups in total. The summed E-state index contributed by atoms with van der Waals surface area (Å²) in [5, 5.41) is 20.2. The molecule has 2 aromatic rings. The molecule has 0 saturated carbocycles. The molecule has 7 heteroatoms. The molecule has 5 nitrogen and oxygen atoms in total. The van der Waals surface area contributed by atoms with Crippen molar-refractivity contribution < 1.29 is 13.9 Å². The second kappa shape index (κ2) is 8.49. The van der Waals surface area contributed by atoms with Gasteiger partial charge in [0.1, 0.15) is 29.3 Å². The van der Waals surface area contributed by atoms with Gasteiger partial charge in [0, 0.05) is 11.3 Å². The van der Waals surface area contributed by atoms with E-state index in [1.807, 2.05) is 6.07 Å². The number of nitriles is 2. The molecule has 0 fully saturated rings. The number of rotatable bonds is 5. The summed E-state index contributed by atoms with van der Waals surface area (Å²) in [6.45, 7) is -0.160. The van der Waals surface area contributed by atoms with E-state index in [1.54, 1.807) is 30.3 Å². The number of amides is 1. The number of halogens is 2. The summed E-state index contributed by atoms with van der Waals surface area (Å²) in [5.74, 6) is -0.922. The summed E-state index contributed by atoms with van der Waals surface area (Å²) in [4.78, 5) is 12.2. The Labute approximate surface area is 148 Å². The zero-order valence-corrected chi connectivity index (χ0v) is 13.5. The summed E-state index contributed by atoms with van der Waals surface area (Å²) >= 11 is 5.66. The van der Waals surface area contributed by atoms with E-state index in [0.29, 0.717) is 11.3 Å². The molecular weight excluding hydrogens is 345 g/mol. The summed E-state index contributed by atoms with van der Waals surface area (Å²) in [6, 6.07) is 14.0. The molecule has 2 aromatic carbocycles. The van der Waals surface area contributed by atoms with Crippen molar-refractivity contribution in [3.63, 3.8) is 0 Å². The summed E-state index contributed by atoms with van der Waals surface area (Å²) in [7, 11) is 0. The molecule has 0 aliphatic rings. The molecule has 25 heavy (non-hydrogen) atoms. The fourth-order valence-electron chi connectivity index (χ4n) is 1.92. The number of hydrogen-bond acceptors (Lipinski definition) is 4. The maximum atomic E-state index is 13.1. The molecule has 0 bridgehead atoms. The lowest BCUT2D eigenvalue weighted by atomic mass is 10.1. The van der Waals surface area contributed by atoms with Crippen molar-refractivity contribution >= 4 is 29.3 Å². The fraction of sp³-hybridized carbons (Fsp3) is 0.0556. The normalized spacial score (nSPS) is 10.5. The number of benzene rings is 2. The molecule has 0 unspecified atom stereocenters. The first-order valence-electron chi connectivity index (χ1n) is 7.02. The number of carbonyl (C=O) groups excluding carboxylic acids is 1. The first-order valence-corrected chi connectivity index (χ1v) is 7.40. The first kappa shape index (κ1) is 18.0. The minimum absolute atomic E-state index is 0.143. The number of nitrogens with one attached hydrogen (secondary N) is 1. The summed E-state index contributed by atoms with van der Waals surface area (Å²) in [5.41, 5.74) is 0.543. The molecular formula is C18H11ClFN3O2. The van der Waals surface area contributed by atoms with E-state index in [0.717, 1.165) is 6.07 Å². The van der Waals surface area contributed by atoms with Gasteiger partial charge in [0.2, 0.25) is 0 Å². The van der Waals surface area contributed by atoms with Crippen LogP contribution in [0.4, 0.5) is 10.1 Å². The highest BCUT2D eigenvalue weighted by atomic mass is 35.5. The molecule has 0 atom stereocenters. The Kier molecular flexibility index (Phi) is 6.11. The molecule has 0 spiro atoms. The van der Waals surface area contributed by atoms with Crippen LogP contribution in [-0.2, 0) is 4.79 Å². The van der Waals surface area contributed by atoms with Crippen molar-refractivity contribution in [2.45, 2.75) is 0 Å². The molecule has 0 aliphatic heterocycles. The number of ether oxygens (including phenoxy) is 1. The number of para-hydroxylation sites is 1. The van der Waals surface area contributed by atoms with Crippen LogP contribution in [0.15, 0.2) is 48.0 Å². The van der Waals surface area contributed by atoms with Gasteiger partial charge < -0.3 is 10.1 Å². The van der Waals surface area contributed by atoms with Crippen LogP contribution in [0, 0.1) is 28.5 Å². The van der Waals surface area contributed by atoms with Crippen molar-refractivity contribution in [1.29, 1.82) is 10.5 Å². The number of anilines is 1. The van der Waals surface area contributed by atoms with E-state index >= 15 is 0 Å². The predicted octanol–water partition coefficient (Wildman–Crippen LogP) is 3.93. The molecule has 2 rings (SSSR count). The highest BCUT2D eigenvalue weighted by molar-refractivity contribution is 6.31. The zero-order chi connectivity index (χ0) is 18.2. The van der Waals surface area contributed by atoms with Gasteiger partial charge in [-0.15, -0.1) is 0 Å². The standard InChI is InChI=1S/C18H11ClFN3O2/c19-15-10-14(5-6-16(15)20)23-18(24)13(11-22)9-12-3-1-2-4-17(12)25-8-7-21/h1-6,9-10H,8H2,(H,23,24)/b13-9+. The van der Waals surface area contributed by atoms with E-state index < -0.39 is 11.7 Å². The van der Waals surface area contributed by atoms with Crippen molar-refractivity contribution in [3.8, 4) is 17.9 Å². The van der Waals surface area contributed by atoms with Crippen LogP contribution in [0.1, 0.15) is 5.56 Å². The minimum atomic E-state index is -0.680. The van der Waals surface area contributed by atoms with Gasteiger partial charge in [-0.05, 0) is 30.3 Å². The Morgan fingerprint density at radius 1 is 1.28 bits per heavy atom. The minimum Gasteiger partial charge on any atom is -0.478 e. The molecule has 0 aliphatic carbocycles. The van der Waals surface area contributed by atoms with Crippen LogP contribution >= 0.6 is 11.6 Å². The lowest BCUT2D eigenvalue weighted by Gasteiger charge is -2.07. The number of carbonyl (C=O) groups is 1. The van der Waals surface area contributed by atoms with Gasteiger partial charge in [0.05, 0.1) is 5.02 Å². The fourth-order valence-corrected chi connectivity index (χ4v) is 2.10. The largest absolute Gasteiger partial charge is 0.478 e. The van der Waals surface area contributed by atoms with Gasteiger partial charge in [-0.1, -0.05) is 29.8 Å². The van der Waals surface area contributed by atoms with Crippen LogP contribution in [0.25, 0.3) is 6.08 Å². The van der Waals surface area contributed by atoms with E-state index in [-0.39, 0.29) is 22.9 Å². The molecule has 0 radical (unpaired) electrons. The maximum absolute atomic E-state index is 13.1. The molecule has 0 aromatic heterocycles. The first-order chi connectivity index (χ1) is 12.0. The monoisotopic (exact) mass is 355 g/mol. The van der Waals surface area contributed by atoms with Gasteiger partial charge in [-0.25, -0.2) is 4.39 Å². The lowest BCUT2D eigenvalue weighted by molar-refractivity contribution is -0.112. The molecule has 1 amide bonds. The Bertz CT molecular complexity index is 913. The molecule has 0 saturated heterocycles. The van der Waals surface area contributed by atoms with Gasteiger partial charge in [-0.2, -0.15) is 10.5 Å². The topological polar surface area (TPSA) is 85.9 Å². The van der Waals surface area contributed by atoms with Crippen molar-refractivity contribution in [2.24, 2.45) is 0 Å². The Balaban J connectivity index is 2.25. The van der Waals surface area contributed by atoms with Crippen LogP contribution in [0.3, 0.4) is 0 Å². The van der Waals surface area contributed by atoms with E-state index in [2.05, 4.69) is 5.32 Å². The van der Waals surface area contributed by atoms with Crippen LogP contribution < -0.4 is 10.1 Å². The van der Waals surface area contributed by atoms with E-state index in [9.17, 15) is 14.4 Å². The Morgan fingerprint density at radius 2 is 2.04 bits per heavy atom. The Hall–Kier alpha value is -3.35. The van der Waals surface area contributed by atoms with Crippen LogP contribution in [-0.4, -0.2) is 12.5 Å². The summed E-state index contributed by atoms with van der Waals surface area (Å²) < 4.78 is 18.4. The van der Waals surface area contributed by atoms with Gasteiger partial charge >= 0.3 is 0 Å². The Morgan fingerprint density at radius 3 is 2.72 bits per heavy atom. The SMILES string of the molecule is N#CCOc1ccccc1/C=C(\C#N)C(=O)Nc1ccc(F)c(Cl)c1. The van der Waals surface area contributed by atoms with Crippen LogP contribution in [0.5, 0.6) is 5.75 Å². The average molecular weight is 356 g/mol. The maximum Gasteiger partial charge on any atom is 0.266 e. The predicted molar refractivity (Wildman–Crippen MR) is 91.2 cm³/mol. The van der Waals surface area contributed by atoms with E-state index in [4.69, 9.17) is 21.6 Å². The van der Waals surface area contributed by atoms with Crippen LogP contribution in [0.2, 0.25) is 5.02 Å². The third kappa shape index (κ3) is 4.81. The highest BCUT2D eigenvalue weighted by Gasteiger charge is 2.12. The van der Waals surface area contributed by atoms with Gasteiger partial charge in [0.15, 0.2) is 6.61 Å². The number of hydrogen-bond donors (Lipinski definition) is 1.